The van der Waals surface area contributed by atoms with Crippen molar-refractivity contribution < 1.29 is 9.47 Å². The van der Waals surface area contributed by atoms with Gasteiger partial charge in [0.25, 0.3) is 0 Å². The summed E-state index contributed by atoms with van der Waals surface area (Å²) in [6, 6.07) is 0. The third kappa shape index (κ3) is 4.35. The van der Waals surface area contributed by atoms with E-state index in [-0.39, 0.29) is 5.79 Å². The fraction of sp³-hybridized carbons (Fsp3) is 0.846. The molecule has 1 heterocycles. The summed E-state index contributed by atoms with van der Waals surface area (Å²) >= 11 is 0. The van der Waals surface area contributed by atoms with Crippen LogP contribution in [0, 0.1) is 0 Å². The monoisotopic (exact) mass is 212 g/mol. The highest BCUT2D eigenvalue weighted by Gasteiger charge is 2.34. The standard InChI is InChI=1S/C13H24O2/c1-3-5-7-8-10-13(9-6-4-2)14-11-12-15-13/h4H,2-3,5-12H2,1H3. The molecule has 88 valence electrons. The van der Waals surface area contributed by atoms with Crippen molar-refractivity contribution in [1.29, 1.82) is 0 Å². The van der Waals surface area contributed by atoms with Crippen LogP contribution in [0.3, 0.4) is 0 Å². The van der Waals surface area contributed by atoms with Crippen molar-refractivity contribution in [3.63, 3.8) is 0 Å². The molecule has 15 heavy (non-hydrogen) atoms. The Hall–Kier alpha value is -0.340. The normalized spacial score (nSPS) is 19.3. The van der Waals surface area contributed by atoms with Gasteiger partial charge in [-0.15, -0.1) is 6.58 Å². The zero-order valence-electron chi connectivity index (χ0n) is 9.96. The van der Waals surface area contributed by atoms with Gasteiger partial charge in [0.1, 0.15) is 0 Å². The second-order valence-electron chi connectivity index (χ2n) is 4.25. The van der Waals surface area contributed by atoms with Gasteiger partial charge in [-0.3, -0.25) is 0 Å². The lowest BCUT2D eigenvalue weighted by atomic mass is 10.0. The van der Waals surface area contributed by atoms with Crippen LogP contribution in [-0.2, 0) is 9.47 Å². The number of unbranched alkanes of at least 4 members (excludes halogenated alkanes) is 3. The van der Waals surface area contributed by atoms with Gasteiger partial charge in [-0.25, -0.2) is 0 Å². The Bertz CT molecular complexity index is 171. The Morgan fingerprint density at radius 2 is 1.87 bits per heavy atom. The van der Waals surface area contributed by atoms with Gasteiger partial charge in [0.2, 0.25) is 0 Å². The van der Waals surface area contributed by atoms with Crippen molar-refractivity contribution in [1.82, 2.24) is 0 Å². The van der Waals surface area contributed by atoms with Crippen molar-refractivity contribution in [2.24, 2.45) is 0 Å². The summed E-state index contributed by atoms with van der Waals surface area (Å²) in [6.45, 7) is 7.49. The minimum atomic E-state index is -0.276. The molecular weight excluding hydrogens is 188 g/mol. The average molecular weight is 212 g/mol. The molecule has 0 unspecified atom stereocenters. The lowest BCUT2D eigenvalue weighted by Gasteiger charge is -2.27. The number of hydrogen-bond acceptors (Lipinski definition) is 2. The lowest BCUT2D eigenvalue weighted by Crippen LogP contribution is -2.29. The van der Waals surface area contributed by atoms with Crippen LogP contribution in [0.5, 0.6) is 0 Å². The topological polar surface area (TPSA) is 18.5 Å². The molecule has 0 bridgehead atoms. The van der Waals surface area contributed by atoms with E-state index in [1.807, 2.05) is 6.08 Å². The molecule has 1 aliphatic heterocycles. The molecule has 0 atom stereocenters. The van der Waals surface area contributed by atoms with Gasteiger partial charge >= 0.3 is 0 Å². The predicted octanol–water partition coefficient (Wildman–Crippen LogP) is 3.67. The largest absolute Gasteiger partial charge is 0.348 e. The highest BCUT2D eigenvalue weighted by atomic mass is 16.7. The zero-order chi connectivity index (χ0) is 11.0. The molecule has 0 N–H and O–H groups in total. The minimum absolute atomic E-state index is 0.276. The molecule has 1 aliphatic rings. The van der Waals surface area contributed by atoms with Crippen LogP contribution < -0.4 is 0 Å². The summed E-state index contributed by atoms with van der Waals surface area (Å²) in [4.78, 5) is 0. The van der Waals surface area contributed by atoms with Crippen LogP contribution in [0.4, 0.5) is 0 Å². The van der Waals surface area contributed by atoms with E-state index in [1.165, 1.54) is 25.7 Å². The molecule has 0 aliphatic carbocycles. The van der Waals surface area contributed by atoms with Gasteiger partial charge in [0.05, 0.1) is 13.2 Å². The summed E-state index contributed by atoms with van der Waals surface area (Å²) in [5, 5.41) is 0. The molecule has 0 aromatic heterocycles. The summed E-state index contributed by atoms with van der Waals surface area (Å²) in [7, 11) is 0. The fourth-order valence-electron chi connectivity index (χ4n) is 2.05. The first kappa shape index (κ1) is 12.7. The van der Waals surface area contributed by atoms with Crippen LogP contribution in [0.2, 0.25) is 0 Å². The molecule has 0 aromatic carbocycles. The van der Waals surface area contributed by atoms with Gasteiger partial charge in [0, 0.05) is 12.8 Å². The van der Waals surface area contributed by atoms with Crippen molar-refractivity contribution in [3.8, 4) is 0 Å². The summed E-state index contributed by atoms with van der Waals surface area (Å²) < 4.78 is 11.5. The van der Waals surface area contributed by atoms with E-state index in [1.54, 1.807) is 0 Å². The quantitative estimate of drug-likeness (QED) is 0.451. The molecule has 1 saturated heterocycles. The van der Waals surface area contributed by atoms with E-state index in [0.717, 1.165) is 32.5 Å². The first-order valence-electron chi connectivity index (χ1n) is 6.22. The first-order valence-corrected chi connectivity index (χ1v) is 6.22. The zero-order valence-corrected chi connectivity index (χ0v) is 9.96. The second kappa shape index (κ2) is 7.02. The average Bonchev–Trinajstić information content (AvgIpc) is 2.71. The summed E-state index contributed by atoms with van der Waals surface area (Å²) in [5.74, 6) is -0.276. The van der Waals surface area contributed by atoms with E-state index in [4.69, 9.17) is 9.47 Å². The van der Waals surface area contributed by atoms with E-state index in [0.29, 0.717) is 0 Å². The van der Waals surface area contributed by atoms with Crippen molar-refractivity contribution in [3.05, 3.63) is 12.7 Å². The van der Waals surface area contributed by atoms with Gasteiger partial charge in [-0.2, -0.15) is 0 Å². The maximum atomic E-state index is 5.75. The Kier molecular flexibility index (Phi) is 5.96. The van der Waals surface area contributed by atoms with Crippen molar-refractivity contribution >= 4 is 0 Å². The number of rotatable bonds is 8. The number of ether oxygens (including phenoxy) is 2. The Morgan fingerprint density at radius 3 is 2.47 bits per heavy atom. The molecule has 0 spiro atoms. The Labute approximate surface area is 93.7 Å². The predicted molar refractivity (Wildman–Crippen MR) is 62.8 cm³/mol. The number of allylic oxidation sites excluding steroid dienone is 1. The summed E-state index contributed by atoms with van der Waals surface area (Å²) in [6.07, 6.45) is 10.0. The molecule has 1 rings (SSSR count). The van der Waals surface area contributed by atoms with E-state index in [2.05, 4.69) is 13.5 Å². The Morgan fingerprint density at radius 1 is 1.13 bits per heavy atom. The smallest absolute Gasteiger partial charge is 0.168 e. The molecule has 0 saturated carbocycles. The van der Waals surface area contributed by atoms with Crippen LogP contribution in [-0.4, -0.2) is 19.0 Å². The molecule has 2 nitrogen and oxygen atoms in total. The van der Waals surface area contributed by atoms with Crippen LogP contribution in [0.25, 0.3) is 0 Å². The highest BCUT2D eigenvalue weighted by Crippen LogP contribution is 2.30. The van der Waals surface area contributed by atoms with Crippen LogP contribution >= 0.6 is 0 Å². The third-order valence-corrected chi connectivity index (χ3v) is 2.95. The lowest BCUT2D eigenvalue weighted by molar-refractivity contribution is -0.167. The van der Waals surface area contributed by atoms with Gasteiger partial charge in [-0.05, 0) is 12.8 Å². The van der Waals surface area contributed by atoms with E-state index < -0.39 is 0 Å². The van der Waals surface area contributed by atoms with Crippen molar-refractivity contribution in [2.45, 2.75) is 57.7 Å². The summed E-state index contributed by atoms with van der Waals surface area (Å²) in [5.41, 5.74) is 0. The second-order valence-corrected chi connectivity index (χ2v) is 4.25. The maximum Gasteiger partial charge on any atom is 0.168 e. The maximum absolute atomic E-state index is 5.75. The molecule has 2 heteroatoms. The molecule has 1 fully saturated rings. The van der Waals surface area contributed by atoms with Gasteiger partial charge in [0.15, 0.2) is 5.79 Å². The third-order valence-electron chi connectivity index (χ3n) is 2.95. The SMILES string of the molecule is C=CCCC1(CCCCCC)OCCO1. The van der Waals surface area contributed by atoms with Gasteiger partial charge in [-0.1, -0.05) is 32.3 Å². The van der Waals surface area contributed by atoms with Gasteiger partial charge < -0.3 is 9.47 Å². The fourth-order valence-corrected chi connectivity index (χ4v) is 2.05. The van der Waals surface area contributed by atoms with E-state index >= 15 is 0 Å². The molecule has 0 amide bonds. The van der Waals surface area contributed by atoms with Crippen molar-refractivity contribution in [2.75, 3.05) is 13.2 Å². The first-order chi connectivity index (χ1) is 7.33. The number of hydrogen-bond donors (Lipinski definition) is 0. The van der Waals surface area contributed by atoms with E-state index in [9.17, 15) is 0 Å². The highest BCUT2D eigenvalue weighted by molar-refractivity contribution is 4.79. The Balaban J connectivity index is 2.26. The van der Waals surface area contributed by atoms with Crippen LogP contribution in [0.15, 0.2) is 12.7 Å². The minimum Gasteiger partial charge on any atom is -0.348 e. The molecule has 0 aromatic rings. The van der Waals surface area contributed by atoms with Crippen LogP contribution in [0.1, 0.15) is 51.9 Å². The molecule has 0 radical (unpaired) electrons. The molecular formula is C13H24O2.